The van der Waals surface area contributed by atoms with Crippen molar-refractivity contribution in [2.75, 3.05) is 39.4 Å². The number of nitrogens with zero attached hydrogens (tertiary/aromatic N) is 8. The van der Waals surface area contributed by atoms with E-state index in [4.69, 9.17) is 53.7 Å². The lowest BCUT2D eigenvalue weighted by Gasteiger charge is -2.32. The Morgan fingerprint density at radius 1 is 0.680 bits per heavy atom. The summed E-state index contributed by atoms with van der Waals surface area (Å²) in [7, 11) is 0. The molecule has 0 spiro atoms. The maximum absolute atomic E-state index is 14.8. The van der Waals surface area contributed by atoms with Gasteiger partial charge in [0.15, 0.2) is 24.2 Å². The zero-order valence-corrected chi connectivity index (χ0v) is 45.2. The zero-order chi connectivity index (χ0) is 53.6. The molecular weight excluding hydrogens is 973 g/mol. The van der Waals surface area contributed by atoms with Crippen molar-refractivity contribution < 1.29 is 52.2 Å². The summed E-state index contributed by atoms with van der Waals surface area (Å²) in [6.45, 7) is 10.7. The molecule has 11 atom stereocenters. The number of aromatic amines is 1. The highest BCUT2D eigenvalue weighted by molar-refractivity contribution is 5.82. The van der Waals surface area contributed by atoms with Gasteiger partial charge in [-0.25, -0.2) is 4.79 Å². The third kappa shape index (κ3) is 16.9. The molecule has 1 aromatic rings. The number of nitrogens with one attached hydrogen (secondary N) is 2. The lowest BCUT2D eigenvalue weighted by Crippen LogP contribution is -2.51. The number of unbranched alkanes of at least 4 members (excludes halogenated alkanes) is 14. The largest absolute Gasteiger partial charge is 0.459 e. The normalized spacial score (nSPS) is 28.8. The number of ether oxygens (including phenoxy) is 9. The summed E-state index contributed by atoms with van der Waals surface area (Å²) < 4.78 is 59.2. The van der Waals surface area contributed by atoms with Crippen LogP contribution in [0, 0.1) is 0 Å². The number of hydrogen-bond donors (Lipinski definition) is 2. The average Bonchev–Trinajstić information content (AvgIpc) is 4.14. The van der Waals surface area contributed by atoms with Gasteiger partial charge >= 0.3 is 11.7 Å². The van der Waals surface area contributed by atoms with E-state index in [9.17, 15) is 19.2 Å². The van der Waals surface area contributed by atoms with Gasteiger partial charge in [-0.05, 0) is 62.6 Å². The summed E-state index contributed by atoms with van der Waals surface area (Å²) in [4.78, 5) is 62.9. The van der Waals surface area contributed by atoms with Crippen molar-refractivity contribution in [3.63, 3.8) is 0 Å². The van der Waals surface area contributed by atoms with E-state index in [1.807, 2.05) is 32.6 Å². The number of carbonyl (C=O) groups is 2. The van der Waals surface area contributed by atoms with E-state index in [1.165, 1.54) is 74.6 Å². The van der Waals surface area contributed by atoms with Crippen LogP contribution in [0.4, 0.5) is 0 Å². The fourth-order valence-electron chi connectivity index (χ4n) is 10.9. The Bertz CT molecular complexity index is 2130. The summed E-state index contributed by atoms with van der Waals surface area (Å²) in [5, 5.41) is 10.7. The molecule has 0 aromatic carbocycles. The number of esters is 1. The van der Waals surface area contributed by atoms with Crippen LogP contribution < -0.4 is 16.6 Å². The van der Waals surface area contributed by atoms with Gasteiger partial charge in [0.1, 0.15) is 36.6 Å². The minimum Gasteiger partial charge on any atom is -0.459 e. The Morgan fingerprint density at radius 3 is 1.69 bits per heavy atom. The van der Waals surface area contributed by atoms with Crippen LogP contribution in [0.25, 0.3) is 20.9 Å². The van der Waals surface area contributed by atoms with Crippen molar-refractivity contribution in [2.45, 2.75) is 255 Å². The number of aryl methyl sites for hydroxylation is 1. The molecule has 5 aliphatic rings. The first-order chi connectivity index (χ1) is 36.4. The second kappa shape index (κ2) is 30.7. The van der Waals surface area contributed by atoms with Gasteiger partial charge in [-0.3, -0.25) is 24.3 Å². The first kappa shape index (κ1) is 60.1. The Balaban J connectivity index is 1.17. The minimum atomic E-state index is -0.965. The highest BCUT2D eigenvalue weighted by Crippen LogP contribution is 2.44. The molecule has 5 aliphatic heterocycles. The van der Waals surface area contributed by atoms with E-state index in [1.54, 1.807) is 0 Å². The Morgan fingerprint density at radius 2 is 1.17 bits per heavy atom. The maximum Gasteiger partial charge on any atom is 0.328 e. The number of aromatic nitrogens is 2. The predicted molar refractivity (Wildman–Crippen MR) is 276 cm³/mol. The summed E-state index contributed by atoms with van der Waals surface area (Å²) in [6, 6.07) is -0.456. The number of rotatable bonds is 35. The molecule has 5 saturated heterocycles. The first-order valence-electron chi connectivity index (χ1n) is 28.3. The van der Waals surface area contributed by atoms with Gasteiger partial charge in [-0.1, -0.05) is 128 Å². The van der Waals surface area contributed by atoms with Crippen LogP contribution in [0.3, 0.4) is 0 Å². The highest BCUT2D eigenvalue weighted by atomic mass is 16.8. The summed E-state index contributed by atoms with van der Waals surface area (Å²) in [5.74, 6) is -2.54. The molecule has 2 N–H and O–H groups in total. The van der Waals surface area contributed by atoms with Crippen LogP contribution in [0.5, 0.6) is 0 Å². The molecule has 0 radical (unpaired) electrons. The van der Waals surface area contributed by atoms with Crippen LogP contribution in [-0.2, 0) is 58.8 Å². The van der Waals surface area contributed by atoms with Gasteiger partial charge in [0.05, 0.1) is 44.6 Å². The smallest absolute Gasteiger partial charge is 0.328 e. The summed E-state index contributed by atoms with van der Waals surface area (Å²) in [6.07, 6.45) is 14.5. The van der Waals surface area contributed by atoms with Crippen molar-refractivity contribution in [3.05, 3.63) is 54.0 Å². The number of azide groups is 2. The van der Waals surface area contributed by atoms with Crippen molar-refractivity contribution in [3.8, 4) is 0 Å². The molecule has 75 heavy (non-hydrogen) atoms. The van der Waals surface area contributed by atoms with E-state index < -0.39 is 96.1 Å². The van der Waals surface area contributed by atoms with Crippen LogP contribution in [0.15, 0.2) is 32.1 Å². The van der Waals surface area contributed by atoms with E-state index in [0.717, 1.165) is 19.3 Å². The molecule has 6 heterocycles. The SMILES string of the molecule is CCCCCCCCCCCCCCCC(=O)O[C@H]1CN(CCCCCn2ccc(=O)[nH]c2=O)[C@@H](CO[C@@H]2O[C@H](CN=[N+]=[N-])[C@H]3OC(CC)(CC)O[C@@H]23)C(=O)N[C@@H]1CO[C@@H]1O[C@H](CN=[N+]=[N-])[C@H]2OC(CC)(CC)O[C@@H]12. The second-order valence-electron chi connectivity index (χ2n) is 20.7. The molecule has 5 fully saturated rings. The number of fused-ring (bicyclic) bond motifs is 2. The van der Waals surface area contributed by atoms with Crippen LogP contribution in [0.2, 0.25) is 0 Å². The Hall–Kier alpha value is -4.12. The van der Waals surface area contributed by atoms with Gasteiger partial charge in [-0.2, -0.15) is 0 Å². The van der Waals surface area contributed by atoms with Crippen molar-refractivity contribution >= 4 is 11.9 Å². The van der Waals surface area contributed by atoms with Gasteiger partial charge in [0, 0.05) is 41.6 Å². The Kier molecular flexibility index (Phi) is 24.6. The molecule has 6 rings (SSSR count). The molecule has 0 aliphatic carbocycles. The molecular formula is C52H86N10O13. The highest BCUT2D eigenvalue weighted by Gasteiger charge is 2.59. The molecule has 422 valence electrons. The average molecular weight is 1060 g/mol. The first-order valence-corrected chi connectivity index (χ1v) is 28.3. The quantitative estimate of drug-likeness (QED) is 0.0214. The minimum absolute atomic E-state index is 0.00410. The van der Waals surface area contributed by atoms with Crippen molar-refractivity contribution in [2.24, 2.45) is 10.2 Å². The number of carbonyl (C=O) groups excluding carboxylic acids is 2. The maximum atomic E-state index is 14.8. The number of H-pyrrole nitrogens is 1. The topological polar surface area (TPSA) is 285 Å². The summed E-state index contributed by atoms with van der Waals surface area (Å²) in [5.41, 5.74) is 17.4. The fraction of sp³-hybridized carbons (Fsp3) is 0.885. The third-order valence-electron chi connectivity index (χ3n) is 15.5. The van der Waals surface area contributed by atoms with Crippen LogP contribution in [0.1, 0.15) is 169 Å². The second-order valence-corrected chi connectivity index (χ2v) is 20.7. The van der Waals surface area contributed by atoms with E-state index >= 15 is 0 Å². The van der Waals surface area contributed by atoms with E-state index in [0.29, 0.717) is 64.5 Å². The summed E-state index contributed by atoms with van der Waals surface area (Å²) >= 11 is 0. The monoisotopic (exact) mass is 1060 g/mol. The van der Waals surface area contributed by atoms with Crippen molar-refractivity contribution in [1.82, 2.24) is 19.8 Å². The number of hydrogen-bond acceptors (Lipinski definition) is 16. The van der Waals surface area contributed by atoms with Gasteiger partial charge < -0.3 is 52.5 Å². The standard InChI is InChI=1S/C52H86N10O13/c1-6-11-12-13-14-15-16-17-18-19-20-21-23-26-42(64)69-40-33-62(29-25-22-24-28-61-30-27-41(63)58-50(61)66)37(35-68-49-46-44(39(71-49)32-56-60-54)73-52(9-4,10-5)75-46)47(65)57-36(40)34-67-48-45-43(38(70-48)31-55-59-53)72-51(7-2,8-3)74-45/h27,30,36-40,43-46,48-49H,6-26,28-29,31-35H2,1-5H3,(H,57,65)(H,58,63,66)/t36-,37+,38-,39-,40+,43-,44-,45-,46-,48-,49-/m1/s1. The lowest BCUT2D eigenvalue weighted by atomic mass is 10.0. The molecule has 0 bridgehead atoms. The van der Waals surface area contributed by atoms with Gasteiger partial charge in [-0.15, -0.1) is 0 Å². The van der Waals surface area contributed by atoms with Crippen LogP contribution >= 0.6 is 0 Å². The fourth-order valence-corrected chi connectivity index (χ4v) is 10.9. The van der Waals surface area contributed by atoms with E-state index in [2.05, 4.69) is 37.3 Å². The Labute approximate surface area is 441 Å². The zero-order valence-electron chi connectivity index (χ0n) is 45.2. The predicted octanol–water partition coefficient (Wildman–Crippen LogP) is 7.97. The van der Waals surface area contributed by atoms with E-state index in [-0.39, 0.29) is 45.2 Å². The third-order valence-corrected chi connectivity index (χ3v) is 15.5. The van der Waals surface area contributed by atoms with Crippen LogP contribution in [-0.4, -0.2) is 145 Å². The van der Waals surface area contributed by atoms with Gasteiger partial charge in [0.2, 0.25) is 5.91 Å². The van der Waals surface area contributed by atoms with Crippen molar-refractivity contribution in [1.29, 1.82) is 0 Å². The molecule has 23 heteroatoms. The number of amides is 1. The molecule has 0 saturated carbocycles. The lowest BCUT2D eigenvalue weighted by molar-refractivity contribution is -0.249. The van der Waals surface area contributed by atoms with Gasteiger partial charge in [0.25, 0.3) is 5.56 Å². The molecule has 1 amide bonds. The molecule has 23 nitrogen and oxygen atoms in total. The molecule has 1 aromatic heterocycles. The molecule has 0 unspecified atom stereocenters.